The molecule has 58 valence electrons. The van der Waals surface area contributed by atoms with Gasteiger partial charge in [-0.25, -0.2) is 0 Å². The number of halogens is 1. The third-order valence-electron chi connectivity index (χ3n) is 1.11. The molecule has 0 spiro atoms. The molecule has 0 fully saturated rings. The van der Waals surface area contributed by atoms with Crippen LogP contribution in [0.1, 0.15) is 6.92 Å². The van der Waals surface area contributed by atoms with E-state index < -0.39 is 0 Å². The number of aliphatic imine (C=N–C) groups is 1. The summed E-state index contributed by atoms with van der Waals surface area (Å²) in [5.41, 5.74) is 0.641. The molecule has 0 aromatic heterocycles. The summed E-state index contributed by atoms with van der Waals surface area (Å²) in [6.07, 6.45) is 0. The highest BCUT2D eigenvalue weighted by molar-refractivity contribution is 6.30. The van der Waals surface area contributed by atoms with Crippen molar-refractivity contribution < 1.29 is 5.11 Å². The van der Waals surface area contributed by atoms with Crippen LogP contribution in [0.25, 0.3) is 0 Å². The molecule has 0 aliphatic heterocycles. The molecular formula is C8H7ClNO-. The highest BCUT2D eigenvalue weighted by Crippen LogP contribution is 2.15. The van der Waals surface area contributed by atoms with Crippen LogP contribution in [0.2, 0.25) is 5.02 Å². The van der Waals surface area contributed by atoms with Crippen molar-refractivity contribution in [2.75, 3.05) is 0 Å². The molecule has 1 aromatic carbocycles. The summed E-state index contributed by atoms with van der Waals surface area (Å²) in [7, 11) is 0. The highest BCUT2D eigenvalue weighted by atomic mass is 35.5. The predicted molar refractivity (Wildman–Crippen MR) is 44.2 cm³/mol. The number of hydrogen-bond acceptors (Lipinski definition) is 2. The third kappa shape index (κ3) is 2.60. The van der Waals surface area contributed by atoms with Crippen molar-refractivity contribution in [1.29, 1.82) is 0 Å². The van der Waals surface area contributed by atoms with E-state index in [1.165, 1.54) is 6.92 Å². The molecule has 0 heterocycles. The van der Waals surface area contributed by atoms with E-state index in [4.69, 9.17) is 11.6 Å². The van der Waals surface area contributed by atoms with Crippen molar-refractivity contribution in [2.45, 2.75) is 6.92 Å². The second-order valence-electron chi connectivity index (χ2n) is 2.11. The Balaban J connectivity index is 2.91. The fraction of sp³-hybridized carbons (Fsp3) is 0.125. The van der Waals surface area contributed by atoms with Crippen molar-refractivity contribution in [3.8, 4) is 0 Å². The second kappa shape index (κ2) is 3.39. The Hall–Kier alpha value is -1.02. The molecule has 0 atom stereocenters. The Kier molecular flexibility index (Phi) is 2.49. The van der Waals surface area contributed by atoms with E-state index >= 15 is 0 Å². The van der Waals surface area contributed by atoms with Crippen molar-refractivity contribution in [3.05, 3.63) is 29.3 Å². The van der Waals surface area contributed by atoms with Crippen molar-refractivity contribution in [3.63, 3.8) is 0 Å². The van der Waals surface area contributed by atoms with Crippen LogP contribution in [0.15, 0.2) is 29.3 Å². The summed E-state index contributed by atoms with van der Waals surface area (Å²) in [4.78, 5) is 3.70. The minimum absolute atomic E-state index is 0.202. The topological polar surface area (TPSA) is 35.4 Å². The Morgan fingerprint density at radius 1 is 1.36 bits per heavy atom. The van der Waals surface area contributed by atoms with Crippen LogP contribution in [0.3, 0.4) is 0 Å². The zero-order valence-corrected chi connectivity index (χ0v) is 6.80. The Bertz CT molecular complexity index is 262. The molecule has 0 radical (unpaired) electrons. The van der Waals surface area contributed by atoms with E-state index in [2.05, 4.69) is 4.99 Å². The zero-order valence-electron chi connectivity index (χ0n) is 6.04. The molecule has 0 saturated heterocycles. The van der Waals surface area contributed by atoms with Crippen LogP contribution >= 0.6 is 11.6 Å². The van der Waals surface area contributed by atoms with Gasteiger partial charge in [-0.15, -0.1) is 0 Å². The largest absolute Gasteiger partial charge is 0.862 e. The minimum atomic E-state index is -0.202. The first-order valence-corrected chi connectivity index (χ1v) is 3.54. The van der Waals surface area contributed by atoms with E-state index in [0.29, 0.717) is 10.7 Å². The minimum Gasteiger partial charge on any atom is -0.862 e. The maximum Gasteiger partial charge on any atom is 0.0619 e. The number of nitrogens with zero attached hydrogens (tertiary/aromatic N) is 1. The fourth-order valence-electron chi connectivity index (χ4n) is 0.697. The molecule has 1 aromatic rings. The predicted octanol–water partition coefficient (Wildman–Crippen LogP) is 1.75. The van der Waals surface area contributed by atoms with Gasteiger partial charge in [-0.3, -0.25) is 4.99 Å². The van der Waals surface area contributed by atoms with Gasteiger partial charge in [0.05, 0.1) is 5.69 Å². The molecule has 0 aliphatic rings. The summed E-state index contributed by atoms with van der Waals surface area (Å²) in [5, 5.41) is 11.1. The van der Waals surface area contributed by atoms with Gasteiger partial charge >= 0.3 is 0 Å². The highest BCUT2D eigenvalue weighted by Gasteiger charge is 1.86. The smallest absolute Gasteiger partial charge is 0.0619 e. The average Bonchev–Trinajstić information content (AvgIpc) is 1.93. The van der Waals surface area contributed by atoms with Crippen molar-refractivity contribution >= 4 is 23.2 Å². The quantitative estimate of drug-likeness (QED) is 0.465. The van der Waals surface area contributed by atoms with Crippen LogP contribution in [0.5, 0.6) is 0 Å². The van der Waals surface area contributed by atoms with E-state index in [1.54, 1.807) is 24.3 Å². The molecule has 0 bridgehead atoms. The van der Waals surface area contributed by atoms with E-state index in [0.717, 1.165) is 0 Å². The summed E-state index contributed by atoms with van der Waals surface area (Å²) in [6, 6.07) is 6.79. The second-order valence-corrected chi connectivity index (χ2v) is 2.54. The van der Waals surface area contributed by atoms with Gasteiger partial charge in [0, 0.05) is 5.02 Å². The first-order valence-electron chi connectivity index (χ1n) is 3.16. The SMILES string of the molecule is CC([O-])=Nc1ccc(Cl)cc1. The molecule has 1 rings (SSSR count). The fourth-order valence-corrected chi connectivity index (χ4v) is 0.823. The van der Waals surface area contributed by atoms with Gasteiger partial charge in [0.15, 0.2) is 0 Å². The van der Waals surface area contributed by atoms with Crippen LogP contribution < -0.4 is 5.11 Å². The van der Waals surface area contributed by atoms with Gasteiger partial charge < -0.3 is 5.11 Å². The van der Waals surface area contributed by atoms with Gasteiger partial charge in [-0.1, -0.05) is 11.6 Å². The lowest BCUT2D eigenvalue weighted by molar-refractivity contribution is -0.215. The number of benzene rings is 1. The standard InChI is InChI=1S/C8H8ClNO/c1-6(11)10-8-4-2-7(9)3-5-8/h2-5H,1H3,(H,10,11)/p-1. The monoisotopic (exact) mass is 168 g/mol. The average molecular weight is 169 g/mol. The van der Waals surface area contributed by atoms with Crippen molar-refractivity contribution in [2.24, 2.45) is 4.99 Å². The normalized spacial score (nSPS) is 11.6. The Labute approximate surface area is 70.2 Å². The molecule has 0 aliphatic carbocycles. The molecular weight excluding hydrogens is 162 g/mol. The summed E-state index contributed by atoms with van der Waals surface area (Å²) < 4.78 is 0. The van der Waals surface area contributed by atoms with Gasteiger partial charge in [0.2, 0.25) is 0 Å². The summed E-state index contributed by atoms with van der Waals surface area (Å²) in [6.45, 7) is 1.41. The molecule has 0 saturated carbocycles. The summed E-state index contributed by atoms with van der Waals surface area (Å²) >= 11 is 5.62. The lowest BCUT2D eigenvalue weighted by Crippen LogP contribution is -2.10. The van der Waals surface area contributed by atoms with Gasteiger partial charge in [0.1, 0.15) is 0 Å². The Morgan fingerprint density at radius 2 is 1.91 bits per heavy atom. The van der Waals surface area contributed by atoms with E-state index in [1.807, 2.05) is 0 Å². The number of rotatable bonds is 1. The molecule has 0 unspecified atom stereocenters. The van der Waals surface area contributed by atoms with Gasteiger partial charge in [-0.2, -0.15) is 0 Å². The van der Waals surface area contributed by atoms with Gasteiger partial charge in [-0.05, 0) is 37.1 Å². The van der Waals surface area contributed by atoms with Gasteiger partial charge in [0.25, 0.3) is 0 Å². The van der Waals surface area contributed by atoms with Crippen molar-refractivity contribution in [1.82, 2.24) is 0 Å². The van der Waals surface area contributed by atoms with Crippen LogP contribution in [-0.4, -0.2) is 5.90 Å². The molecule has 2 nitrogen and oxygen atoms in total. The maximum atomic E-state index is 10.5. The molecule has 0 amide bonds. The molecule has 0 N–H and O–H groups in total. The lowest BCUT2D eigenvalue weighted by atomic mass is 10.3. The van der Waals surface area contributed by atoms with Crippen LogP contribution in [-0.2, 0) is 0 Å². The van der Waals surface area contributed by atoms with E-state index in [-0.39, 0.29) is 5.90 Å². The maximum absolute atomic E-state index is 10.5. The lowest BCUT2D eigenvalue weighted by Gasteiger charge is -2.01. The zero-order chi connectivity index (χ0) is 8.27. The van der Waals surface area contributed by atoms with Crippen LogP contribution in [0, 0.1) is 0 Å². The summed E-state index contributed by atoms with van der Waals surface area (Å²) in [5.74, 6) is -0.202. The van der Waals surface area contributed by atoms with Crippen LogP contribution in [0.4, 0.5) is 5.69 Å². The molecule has 11 heavy (non-hydrogen) atoms. The van der Waals surface area contributed by atoms with E-state index in [9.17, 15) is 5.11 Å². The third-order valence-corrected chi connectivity index (χ3v) is 1.37. The Morgan fingerprint density at radius 3 is 2.36 bits per heavy atom. The first kappa shape index (κ1) is 8.08. The first-order chi connectivity index (χ1) is 5.18. The number of hydrogen-bond donors (Lipinski definition) is 0. The molecule has 3 heteroatoms.